The number of H-pyrrole nitrogens is 1. The van der Waals surface area contributed by atoms with Crippen LogP contribution >= 0.6 is 0 Å². The second-order valence-electron chi connectivity index (χ2n) is 13.5. The molecule has 1 saturated heterocycles. The molecule has 0 bridgehead atoms. The first-order valence-corrected chi connectivity index (χ1v) is 17.9. The molecule has 1 fully saturated rings. The molecule has 1 aliphatic rings. The molecule has 13 nitrogen and oxygen atoms in total. The highest BCUT2D eigenvalue weighted by Gasteiger charge is 2.43. The number of aliphatic hydroxyl groups excluding tert-OH is 1. The average molecular weight is 745 g/mol. The van der Waals surface area contributed by atoms with Crippen molar-refractivity contribution in [2.24, 2.45) is 4.99 Å². The number of hydrogen-bond acceptors (Lipinski definition) is 10. The van der Waals surface area contributed by atoms with Crippen LogP contribution < -0.4 is 15.0 Å². The van der Waals surface area contributed by atoms with Gasteiger partial charge in [-0.25, -0.2) is 9.98 Å². The molecule has 1 aliphatic heterocycles. The predicted molar refractivity (Wildman–Crippen MR) is 209 cm³/mol. The van der Waals surface area contributed by atoms with E-state index in [9.17, 15) is 9.90 Å². The molecule has 0 saturated carbocycles. The fraction of sp³-hybridized carbons (Fsp3) is 0.286. The summed E-state index contributed by atoms with van der Waals surface area (Å²) in [5.74, 6) is 1.98. The molecular formula is C42H44N6O7. The van der Waals surface area contributed by atoms with E-state index in [0.717, 1.165) is 27.8 Å². The van der Waals surface area contributed by atoms with E-state index in [0.29, 0.717) is 23.9 Å². The average Bonchev–Trinajstić information content (AvgIpc) is 3.78. The summed E-state index contributed by atoms with van der Waals surface area (Å²) < 4.78 is 31.8. The number of hydrogen-bond donors (Lipinski definition) is 2. The molecule has 2 aromatic heterocycles. The van der Waals surface area contributed by atoms with Crippen molar-refractivity contribution < 1.29 is 28.8 Å². The number of fused-ring (bicyclic) bond motifs is 1. The summed E-state index contributed by atoms with van der Waals surface area (Å²) in [5.41, 5.74) is 3.12. The fourth-order valence-electron chi connectivity index (χ4n) is 6.90. The quantitative estimate of drug-likeness (QED) is 0.0794. The summed E-state index contributed by atoms with van der Waals surface area (Å²) >= 11 is 0. The summed E-state index contributed by atoms with van der Waals surface area (Å²) in [6, 6.07) is 33.1. The van der Waals surface area contributed by atoms with E-state index in [-0.39, 0.29) is 30.1 Å². The summed E-state index contributed by atoms with van der Waals surface area (Å²) in [4.78, 5) is 31.7. The number of methoxy groups -OCH3 is 3. The van der Waals surface area contributed by atoms with Crippen LogP contribution in [0, 0.1) is 0 Å². The van der Waals surface area contributed by atoms with Gasteiger partial charge in [-0.15, -0.1) is 0 Å². The molecule has 7 rings (SSSR count). The van der Waals surface area contributed by atoms with Crippen molar-refractivity contribution in [1.82, 2.24) is 24.4 Å². The van der Waals surface area contributed by atoms with Crippen molar-refractivity contribution in [3.8, 4) is 22.9 Å². The number of ether oxygens (including phenoxy) is 5. The Kier molecular flexibility index (Phi) is 11.1. The molecule has 0 amide bonds. The van der Waals surface area contributed by atoms with E-state index in [1.54, 1.807) is 37.1 Å². The molecule has 13 heteroatoms. The van der Waals surface area contributed by atoms with Crippen LogP contribution in [0.5, 0.6) is 11.5 Å². The maximum absolute atomic E-state index is 13.4. The maximum atomic E-state index is 13.4. The van der Waals surface area contributed by atoms with Crippen molar-refractivity contribution in [3.63, 3.8) is 0 Å². The molecule has 3 atom stereocenters. The third kappa shape index (κ3) is 7.60. The number of aliphatic imine (C=N–C) groups is 1. The molecule has 0 spiro atoms. The molecule has 0 unspecified atom stereocenters. The van der Waals surface area contributed by atoms with E-state index >= 15 is 0 Å². The van der Waals surface area contributed by atoms with E-state index < -0.39 is 29.6 Å². The van der Waals surface area contributed by atoms with E-state index in [2.05, 4.69) is 9.98 Å². The van der Waals surface area contributed by atoms with Crippen LogP contribution in [0.1, 0.15) is 34.9 Å². The van der Waals surface area contributed by atoms with Crippen molar-refractivity contribution in [1.29, 1.82) is 0 Å². The van der Waals surface area contributed by atoms with E-state index in [1.165, 1.54) is 0 Å². The summed E-state index contributed by atoms with van der Waals surface area (Å²) in [7, 11) is 8.54. The first-order chi connectivity index (χ1) is 26.7. The minimum Gasteiger partial charge on any atom is -0.497 e. The number of aromatic nitrogens is 4. The molecular weight excluding hydrogens is 700 g/mol. The monoisotopic (exact) mass is 744 g/mol. The van der Waals surface area contributed by atoms with Gasteiger partial charge in [0.2, 0.25) is 5.95 Å². The Morgan fingerprint density at radius 3 is 2.09 bits per heavy atom. The van der Waals surface area contributed by atoms with Crippen LogP contribution in [0.4, 0.5) is 5.95 Å². The van der Waals surface area contributed by atoms with Gasteiger partial charge >= 0.3 is 0 Å². The van der Waals surface area contributed by atoms with Gasteiger partial charge in [0.05, 0.1) is 39.9 Å². The molecule has 2 N–H and O–H groups in total. The van der Waals surface area contributed by atoms with Crippen molar-refractivity contribution >= 4 is 23.5 Å². The zero-order valence-corrected chi connectivity index (χ0v) is 31.4. The highest BCUT2D eigenvalue weighted by Crippen LogP contribution is 2.43. The van der Waals surface area contributed by atoms with Gasteiger partial charge in [-0.1, -0.05) is 78.9 Å². The zero-order chi connectivity index (χ0) is 38.5. The summed E-state index contributed by atoms with van der Waals surface area (Å²) in [6.07, 6.45) is -0.730. The highest BCUT2D eigenvalue weighted by atomic mass is 16.6. The predicted octanol–water partition coefficient (Wildman–Crippen LogP) is 5.83. The molecule has 55 heavy (non-hydrogen) atoms. The van der Waals surface area contributed by atoms with E-state index in [4.69, 9.17) is 33.7 Å². The number of aliphatic hydroxyl groups is 1. The lowest BCUT2D eigenvalue weighted by Gasteiger charge is -2.37. The molecule has 6 aromatic rings. The lowest BCUT2D eigenvalue weighted by Crippen LogP contribution is -2.38. The second-order valence-corrected chi connectivity index (χ2v) is 13.5. The smallest absolute Gasteiger partial charge is 0.280 e. The molecule has 0 aliphatic carbocycles. The molecule has 0 radical (unpaired) electrons. The van der Waals surface area contributed by atoms with Crippen molar-refractivity contribution in [2.75, 3.05) is 42.0 Å². The number of imidazole rings is 1. The minimum atomic E-state index is -1.12. The zero-order valence-electron chi connectivity index (χ0n) is 31.4. The third-order valence-corrected chi connectivity index (χ3v) is 9.60. The van der Waals surface area contributed by atoms with Crippen molar-refractivity contribution in [2.45, 2.75) is 37.1 Å². The Morgan fingerprint density at radius 2 is 1.51 bits per heavy atom. The van der Waals surface area contributed by atoms with Crippen LogP contribution in [0.15, 0.2) is 113 Å². The van der Waals surface area contributed by atoms with Gasteiger partial charge in [0.15, 0.2) is 11.2 Å². The standard InChI is InChI=1S/C42H44N6O7/c1-47(2)26-43-41-45-39-37(40(50)46-41)44-38(28-13-11-27(12-14-28)24-51-3)48(39)36-23-34(49)35(55-36)25-54-42(29-9-7-6-8-10-29,30-15-19-32(52-4)20-16-30)31-17-21-33(53-5)22-18-31/h6-22,26,34-36,49H,23-25H2,1-5H3,(H,45,46,50)/t34-,35+,36+/m0/s1. The molecule has 3 heterocycles. The Labute approximate surface area is 318 Å². The van der Waals surface area contributed by atoms with Crippen LogP contribution in [-0.2, 0) is 26.4 Å². The SMILES string of the molecule is COCc1ccc(-c2nc3c(=O)[nH]c(N=CN(C)C)nc3n2[C@H]2C[C@H](O)[C@@H](COC(c3ccccc3)(c3ccc(OC)cc3)c3ccc(OC)cc3)O2)cc1. The second kappa shape index (κ2) is 16.2. The van der Waals surface area contributed by atoms with Gasteiger partial charge in [-0.3, -0.25) is 14.3 Å². The normalized spacial score (nSPS) is 17.2. The number of rotatable bonds is 14. The van der Waals surface area contributed by atoms with Gasteiger partial charge in [0.1, 0.15) is 35.3 Å². The van der Waals surface area contributed by atoms with Crippen LogP contribution in [-0.4, -0.2) is 90.1 Å². The largest absolute Gasteiger partial charge is 0.497 e. The first kappa shape index (κ1) is 37.5. The Bertz CT molecular complexity index is 2240. The lowest BCUT2D eigenvalue weighted by atomic mass is 9.80. The summed E-state index contributed by atoms with van der Waals surface area (Å²) in [5, 5.41) is 11.7. The molecule has 4 aromatic carbocycles. The number of benzene rings is 4. The van der Waals surface area contributed by atoms with Crippen molar-refractivity contribution in [3.05, 3.63) is 136 Å². The topological polar surface area (TPSA) is 146 Å². The Balaban J connectivity index is 1.29. The lowest BCUT2D eigenvalue weighted by molar-refractivity contribution is -0.0928. The first-order valence-electron chi connectivity index (χ1n) is 17.9. The highest BCUT2D eigenvalue weighted by molar-refractivity contribution is 5.78. The minimum absolute atomic E-state index is 0.00465. The van der Waals surface area contributed by atoms with Gasteiger partial charge in [0, 0.05) is 33.2 Å². The van der Waals surface area contributed by atoms with Crippen LogP contribution in [0.2, 0.25) is 0 Å². The number of aromatic amines is 1. The maximum Gasteiger partial charge on any atom is 0.280 e. The van der Waals surface area contributed by atoms with Gasteiger partial charge in [-0.2, -0.15) is 4.98 Å². The number of nitrogens with one attached hydrogen (secondary N) is 1. The fourth-order valence-corrected chi connectivity index (χ4v) is 6.90. The van der Waals surface area contributed by atoms with Crippen LogP contribution in [0.25, 0.3) is 22.6 Å². The van der Waals surface area contributed by atoms with E-state index in [1.807, 2.05) is 117 Å². The Hall–Kier alpha value is -5.86. The van der Waals surface area contributed by atoms with Gasteiger partial charge < -0.3 is 33.7 Å². The molecule has 284 valence electrons. The Morgan fingerprint density at radius 1 is 0.891 bits per heavy atom. The number of nitrogens with zero attached hydrogens (tertiary/aromatic N) is 5. The van der Waals surface area contributed by atoms with Gasteiger partial charge in [0.25, 0.3) is 5.56 Å². The summed E-state index contributed by atoms with van der Waals surface area (Å²) in [6.45, 7) is 0.451. The van der Waals surface area contributed by atoms with Crippen LogP contribution in [0.3, 0.4) is 0 Å². The third-order valence-electron chi connectivity index (χ3n) is 9.60. The van der Waals surface area contributed by atoms with Gasteiger partial charge in [-0.05, 0) is 46.5 Å².